The number of halogens is 1. The summed E-state index contributed by atoms with van der Waals surface area (Å²) in [5.41, 5.74) is 3.80. The first-order chi connectivity index (χ1) is 9.79. The zero-order chi connectivity index (χ0) is 14.2. The predicted octanol–water partition coefficient (Wildman–Crippen LogP) is 5.02. The number of rotatable bonds is 7. The van der Waals surface area contributed by atoms with E-state index in [1.165, 1.54) is 16.7 Å². The minimum Gasteiger partial charge on any atom is -0.237 e. The first-order valence-corrected chi connectivity index (χ1v) is 7.68. The predicted molar refractivity (Wildman–Crippen MR) is 85.5 cm³/mol. The molecule has 0 unspecified atom stereocenters. The number of hydrogen-bond donors (Lipinski definition) is 0. The summed E-state index contributed by atoms with van der Waals surface area (Å²) in [6, 6.07) is 17.1. The van der Waals surface area contributed by atoms with Crippen molar-refractivity contribution in [1.29, 1.82) is 0 Å². The van der Waals surface area contributed by atoms with Gasteiger partial charge in [0.25, 0.3) is 0 Å². The summed E-state index contributed by atoms with van der Waals surface area (Å²) in [5.74, 6) is 0. The second-order valence-electron chi connectivity index (χ2n) is 4.54. The third kappa shape index (κ3) is 4.75. The topological polar surface area (TPSA) is 18.5 Å². The fraction of sp³-hybridized carbons (Fsp3) is 0.294. The minimum atomic E-state index is 0.599. The van der Waals surface area contributed by atoms with Gasteiger partial charge in [-0.1, -0.05) is 52.3 Å². The van der Waals surface area contributed by atoms with E-state index >= 15 is 0 Å². The van der Waals surface area contributed by atoms with E-state index in [9.17, 15) is 0 Å². The molecule has 2 aromatic rings. The quantitative estimate of drug-likeness (QED) is 0.402. The zero-order valence-electron chi connectivity index (χ0n) is 11.6. The van der Waals surface area contributed by atoms with Gasteiger partial charge in [0, 0.05) is 4.47 Å². The normalized spacial score (nSPS) is 10.7. The third-order valence-corrected chi connectivity index (χ3v) is 3.55. The monoisotopic (exact) mass is 334 g/mol. The Labute approximate surface area is 128 Å². The molecule has 0 aliphatic heterocycles. The highest BCUT2D eigenvalue weighted by atomic mass is 79.9. The molecular formula is C17H19BrO2. The van der Waals surface area contributed by atoms with Gasteiger partial charge < -0.3 is 0 Å². The first kappa shape index (κ1) is 15.2. The van der Waals surface area contributed by atoms with Crippen LogP contribution in [-0.2, 0) is 16.2 Å². The minimum absolute atomic E-state index is 0.599. The molecule has 2 aromatic carbocycles. The Morgan fingerprint density at radius 3 is 2.05 bits per heavy atom. The van der Waals surface area contributed by atoms with Gasteiger partial charge in [-0.3, -0.25) is 0 Å². The number of hydrogen-bond acceptors (Lipinski definition) is 2. The third-order valence-electron chi connectivity index (χ3n) is 3.03. The summed E-state index contributed by atoms with van der Waals surface area (Å²) in [7, 11) is 0. The van der Waals surface area contributed by atoms with Crippen LogP contribution in [0.4, 0.5) is 0 Å². The molecule has 20 heavy (non-hydrogen) atoms. The highest BCUT2D eigenvalue weighted by Gasteiger charge is 1.99. The van der Waals surface area contributed by atoms with Crippen LogP contribution in [0.1, 0.15) is 18.9 Å². The Hall–Kier alpha value is -1.16. The van der Waals surface area contributed by atoms with Crippen LogP contribution in [-0.4, -0.2) is 13.2 Å². The fourth-order valence-corrected chi connectivity index (χ4v) is 2.25. The molecule has 0 heterocycles. The molecule has 0 N–H and O–H groups in total. The van der Waals surface area contributed by atoms with Crippen LogP contribution in [0, 0.1) is 0 Å². The lowest BCUT2D eigenvalue weighted by Gasteiger charge is -2.05. The molecule has 0 bridgehead atoms. The molecule has 0 fully saturated rings. The molecule has 0 spiro atoms. The van der Waals surface area contributed by atoms with Gasteiger partial charge in [-0.2, -0.15) is 0 Å². The van der Waals surface area contributed by atoms with Crippen LogP contribution in [0.25, 0.3) is 11.1 Å². The average Bonchev–Trinajstić information content (AvgIpc) is 2.49. The van der Waals surface area contributed by atoms with Crippen LogP contribution in [0.5, 0.6) is 0 Å². The molecule has 0 atom stereocenters. The Morgan fingerprint density at radius 1 is 0.850 bits per heavy atom. The molecule has 3 heteroatoms. The van der Waals surface area contributed by atoms with Crippen LogP contribution < -0.4 is 0 Å². The highest BCUT2D eigenvalue weighted by Crippen LogP contribution is 2.22. The average molecular weight is 335 g/mol. The van der Waals surface area contributed by atoms with E-state index in [0.29, 0.717) is 13.2 Å². The van der Waals surface area contributed by atoms with E-state index in [4.69, 9.17) is 9.78 Å². The Balaban J connectivity index is 1.88. The Bertz CT molecular complexity index is 506. The van der Waals surface area contributed by atoms with E-state index in [2.05, 4.69) is 64.5 Å². The van der Waals surface area contributed by atoms with Gasteiger partial charge in [0.1, 0.15) is 0 Å². The maximum Gasteiger partial charge on any atom is 0.0825 e. The van der Waals surface area contributed by atoms with E-state index in [1.54, 1.807) is 0 Å². The maximum atomic E-state index is 5.00. The highest BCUT2D eigenvalue weighted by molar-refractivity contribution is 9.10. The largest absolute Gasteiger partial charge is 0.237 e. The second kappa shape index (κ2) is 8.20. The van der Waals surface area contributed by atoms with Gasteiger partial charge in [-0.05, 0) is 48.6 Å². The van der Waals surface area contributed by atoms with Crippen molar-refractivity contribution in [3.8, 4) is 11.1 Å². The standard InChI is InChI=1S/C17H19BrO2/c1-2-19-20-13-3-4-14-5-7-15(8-6-14)16-9-11-17(18)12-10-16/h5-12H,2-4,13H2,1H3. The van der Waals surface area contributed by atoms with Gasteiger partial charge in [0.05, 0.1) is 13.2 Å². The summed E-state index contributed by atoms with van der Waals surface area (Å²) >= 11 is 3.45. The van der Waals surface area contributed by atoms with Crippen LogP contribution in [0.2, 0.25) is 0 Å². The van der Waals surface area contributed by atoms with Crippen LogP contribution >= 0.6 is 15.9 Å². The number of benzene rings is 2. The summed E-state index contributed by atoms with van der Waals surface area (Å²) in [5, 5.41) is 0. The first-order valence-electron chi connectivity index (χ1n) is 6.89. The lowest BCUT2D eigenvalue weighted by molar-refractivity contribution is -0.291. The van der Waals surface area contributed by atoms with Crippen molar-refractivity contribution < 1.29 is 9.78 Å². The van der Waals surface area contributed by atoms with Crippen LogP contribution in [0.15, 0.2) is 53.0 Å². The fourth-order valence-electron chi connectivity index (χ4n) is 1.98. The lowest BCUT2D eigenvalue weighted by atomic mass is 10.0. The molecule has 2 nitrogen and oxygen atoms in total. The van der Waals surface area contributed by atoms with Crippen molar-refractivity contribution >= 4 is 15.9 Å². The molecule has 2 rings (SSSR count). The molecule has 106 valence electrons. The Morgan fingerprint density at radius 2 is 1.45 bits per heavy atom. The summed E-state index contributed by atoms with van der Waals surface area (Å²) in [4.78, 5) is 9.86. The zero-order valence-corrected chi connectivity index (χ0v) is 13.2. The second-order valence-corrected chi connectivity index (χ2v) is 5.45. The summed E-state index contributed by atoms with van der Waals surface area (Å²) in [6.45, 7) is 3.16. The molecule has 0 aliphatic carbocycles. The van der Waals surface area contributed by atoms with Crippen molar-refractivity contribution in [2.24, 2.45) is 0 Å². The summed E-state index contributed by atoms with van der Waals surface area (Å²) in [6.07, 6.45) is 1.98. The van der Waals surface area contributed by atoms with Crippen LogP contribution in [0.3, 0.4) is 0 Å². The van der Waals surface area contributed by atoms with Crippen molar-refractivity contribution in [3.05, 3.63) is 58.6 Å². The molecule has 0 radical (unpaired) electrons. The van der Waals surface area contributed by atoms with Gasteiger partial charge >= 0.3 is 0 Å². The van der Waals surface area contributed by atoms with Crippen molar-refractivity contribution in [3.63, 3.8) is 0 Å². The van der Waals surface area contributed by atoms with Crippen molar-refractivity contribution in [2.45, 2.75) is 19.8 Å². The molecule has 0 saturated heterocycles. The molecule has 0 aliphatic rings. The van der Waals surface area contributed by atoms with E-state index < -0.39 is 0 Å². The molecule has 0 saturated carbocycles. The lowest BCUT2D eigenvalue weighted by Crippen LogP contribution is -1.98. The molecular weight excluding hydrogens is 316 g/mol. The van der Waals surface area contributed by atoms with Gasteiger partial charge in [0.15, 0.2) is 0 Å². The number of aryl methyl sites for hydroxylation is 1. The maximum absolute atomic E-state index is 5.00. The molecule has 0 aromatic heterocycles. The Kier molecular flexibility index (Phi) is 6.25. The van der Waals surface area contributed by atoms with Gasteiger partial charge in [-0.15, -0.1) is 0 Å². The smallest absolute Gasteiger partial charge is 0.0825 e. The van der Waals surface area contributed by atoms with Gasteiger partial charge in [-0.25, -0.2) is 9.78 Å². The van der Waals surface area contributed by atoms with E-state index in [-0.39, 0.29) is 0 Å². The van der Waals surface area contributed by atoms with E-state index in [0.717, 1.165) is 17.3 Å². The van der Waals surface area contributed by atoms with E-state index in [1.807, 2.05) is 6.92 Å². The van der Waals surface area contributed by atoms with Crippen molar-refractivity contribution in [2.75, 3.05) is 13.2 Å². The van der Waals surface area contributed by atoms with Crippen molar-refractivity contribution in [1.82, 2.24) is 0 Å². The summed E-state index contributed by atoms with van der Waals surface area (Å²) < 4.78 is 1.10. The SMILES string of the molecule is CCOOCCCc1ccc(-c2ccc(Br)cc2)cc1. The van der Waals surface area contributed by atoms with Gasteiger partial charge in [0.2, 0.25) is 0 Å². The molecule has 0 amide bonds.